The van der Waals surface area contributed by atoms with E-state index in [-0.39, 0.29) is 5.91 Å². The Hall–Kier alpha value is -1.51. The van der Waals surface area contributed by atoms with E-state index in [1.54, 1.807) is 0 Å². The summed E-state index contributed by atoms with van der Waals surface area (Å²) < 4.78 is 0. The second-order valence-electron chi connectivity index (χ2n) is 6.85. The second kappa shape index (κ2) is 6.08. The third kappa shape index (κ3) is 3.58. The van der Waals surface area contributed by atoms with Crippen molar-refractivity contribution in [2.24, 2.45) is 11.8 Å². The quantitative estimate of drug-likeness (QED) is 0.883. The highest BCUT2D eigenvalue weighted by Gasteiger charge is 2.27. The lowest BCUT2D eigenvalue weighted by molar-refractivity contribution is 0.0951. The molecule has 1 aromatic rings. The Bertz CT molecular complexity index is 510. The number of rotatable bonds is 4. The number of benzene rings is 1. The van der Waals surface area contributed by atoms with Crippen molar-refractivity contribution in [1.82, 2.24) is 5.32 Å². The first-order valence-electron chi connectivity index (χ1n) is 8.31. The first kappa shape index (κ1) is 14.4. The van der Waals surface area contributed by atoms with Crippen LogP contribution in [-0.2, 0) is 0 Å². The van der Waals surface area contributed by atoms with E-state index >= 15 is 0 Å². The molecule has 2 aliphatic rings. The van der Waals surface area contributed by atoms with Crippen LogP contribution >= 0.6 is 0 Å². The number of carbonyl (C=O) groups excluding carboxylic acids is 1. The Kier molecular flexibility index (Phi) is 4.18. The number of nitrogens with one attached hydrogen (secondary N) is 2. The minimum Gasteiger partial charge on any atom is -0.382 e. The van der Waals surface area contributed by atoms with Gasteiger partial charge >= 0.3 is 0 Å². The molecule has 2 aliphatic carbocycles. The first-order chi connectivity index (χ1) is 10.1. The summed E-state index contributed by atoms with van der Waals surface area (Å²) in [7, 11) is 0. The molecule has 2 fully saturated rings. The van der Waals surface area contributed by atoms with Crippen LogP contribution in [-0.4, -0.2) is 18.0 Å². The fourth-order valence-electron chi connectivity index (χ4n) is 3.25. The molecule has 3 nitrogen and oxygen atoms in total. The number of anilines is 1. The van der Waals surface area contributed by atoms with Gasteiger partial charge in [-0.15, -0.1) is 0 Å². The Labute approximate surface area is 127 Å². The van der Waals surface area contributed by atoms with Crippen LogP contribution in [0.4, 0.5) is 5.69 Å². The smallest absolute Gasteiger partial charge is 0.251 e. The highest BCUT2D eigenvalue weighted by Crippen LogP contribution is 2.31. The van der Waals surface area contributed by atoms with Gasteiger partial charge in [-0.2, -0.15) is 0 Å². The third-order valence-electron chi connectivity index (χ3n) is 5.10. The van der Waals surface area contributed by atoms with Gasteiger partial charge in [-0.25, -0.2) is 0 Å². The van der Waals surface area contributed by atoms with Gasteiger partial charge in [0.1, 0.15) is 0 Å². The summed E-state index contributed by atoms with van der Waals surface area (Å²) in [6, 6.07) is 8.87. The van der Waals surface area contributed by atoms with Crippen LogP contribution in [0.25, 0.3) is 0 Å². The van der Waals surface area contributed by atoms with E-state index in [9.17, 15) is 4.79 Å². The number of amides is 1. The fraction of sp³-hybridized carbons (Fsp3) is 0.611. The molecule has 2 N–H and O–H groups in total. The summed E-state index contributed by atoms with van der Waals surface area (Å²) in [6.07, 6.45) is 6.11. The van der Waals surface area contributed by atoms with Crippen LogP contribution in [0.5, 0.6) is 0 Å². The Balaban J connectivity index is 1.66. The lowest BCUT2D eigenvalue weighted by atomic mass is 9.78. The second-order valence-corrected chi connectivity index (χ2v) is 6.85. The largest absolute Gasteiger partial charge is 0.382 e. The van der Waals surface area contributed by atoms with E-state index in [4.69, 9.17) is 0 Å². The molecule has 2 saturated carbocycles. The van der Waals surface area contributed by atoms with Crippen molar-refractivity contribution in [3.05, 3.63) is 29.8 Å². The summed E-state index contributed by atoms with van der Waals surface area (Å²) in [6.45, 7) is 4.68. The molecule has 0 spiro atoms. The summed E-state index contributed by atoms with van der Waals surface area (Å²) in [4.78, 5) is 12.1. The van der Waals surface area contributed by atoms with Crippen molar-refractivity contribution < 1.29 is 4.79 Å². The van der Waals surface area contributed by atoms with E-state index in [1.165, 1.54) is 19.3 Å². The molecule has 0 aliphatic heterocycles. The van der Waals surface area contributed by atoms with Crippen LogP contribution < -0.4 is 10.6 Å². The summed E-state index contributed by atoms with van der Waals surface area (Å²) >= 11 is 0. The van der Waals surface area contributed by atoms with Crippen molar-refractivity contribution in [2.75, 3.05) is 5.32 Å². The molecule has 1 amide bonds. The zero-order valence-corrected chi connectivity index (χ0v) is 13.1. The van der Waals surface area contributed by atoms with Crippen molar-refractivity contribution in [1.29, 1.82) is 0 Å². The Morgan fingerprint density at radius 3 is 2.71 bits per heavy atom. The maximum Gasteiger partial charge on any atom is 0.251 e. The van der Waals surface area contributed by atoms with Crippen LogP contribution in [0.3, 0.4) is 0 Å². The summed E-state index contributed by atoms with van der Waals surface area (Å²) in [5.41, 5.74) is 1.84. The predicted molar refractivity (Wildman–Crippen MR) is 86.5 cm³/mol. The van der Waals surface area contributed by atoms with Gasteiger partial charge in [0, 0.05) is 23.3 Å². The van der Waals surface area contributed by atoms with E-state index in [1.807, 2.05) is 18.2 Å². The van der Waals surface area contributed by atoms with Crippen molar-refractivity contribution in [2.45, 2.75) is 58.0 Å². The molecular formula is C18H26N2O. The van der Waals surface area contributed by atoms with Gasteiger partial charge in [0.2, 0.25) is 0 Å². The fourth-order valence-corrected chi connectivity index (χ4v) is 3.25. The number of carbonyl (C=O) groups is 1. The maximum atomic E-state index is 12.1. The SMILES string of the molecule is CC1CCCC(Nc2cccc(C(=O)NC3CC3)c2)C1C. The minimum absolute atomic E-state index is 0.0613. The van der Waals surface area contributed by atoms with Crippen molar-refractivity contribution >= 4 is 11.6 Å². The molecule has 0 radical (unpaired) electrons. The maximum absolute atomic E-state index is 12.1. The zero-order chi connectivity index (χ0) is 14.8. The van der Waals surface area contributed by atoms with Crippen molar-refractivity contribution in [3.8, 4) is 0 Å². The van der Waals surface area contributed by atoms with E-state index < -0.39 is 0 Å². The van der Waals surface area contributed by atoms with Gasteiger partial charge < -0.3 is 10.6 Å². The average molecular weight is 286 g/mol. The molecule has 0 heterocycles. The van der Waals surface area contributed by atoms with Gasteiger partial charge in [0.05, 0.1) is 0 Å². The van der Waals surface area contributed by atoms with E-state index in [2.05, 4.69) is 30.5 Å². The molecule has 3 heteroatoms. The summed E-state index contributed by atoms with van der Waals surface area (Å²) in [5.74, 6) is 1.52. The van der Waals surface area contributed by atoms with Crippen LogP contribution in [0.2, 0.25) is 0 Å². The lowest BCUT2D eigenvalue weighted by Gasteiger charge is -2.35. The number of hydrogen-bond donors (Lipinski definition) is 2. The lowest BCUT2D eigenvalue weighted by Crippen LogP contribution is -2.35. The molecule has 3 rings (SSSR count). The topological polar surface area (TPSA) is 41.1 Å². The highest BCUT2D eigenvalue weighted by molar-refractivity contribution is 5.95. The van der Waals surface area contributed by atoms with Crippen LogP contribution in [0, 0.1) is 11.8 Å². The molecule has 21 heavy (non-hydrogen) atoms. The molecule has 0 bridgehead atoms. The van der Waals surface area contributed by atoms with Crippen LogP contribution in [0.15, 0.2) is 24.3 Å². The Morgan fingerprint density at radius 1 is 1.14 bits per heavy atom. The van der Waals surface area contributed by atoms with Gasteiger partial charge in [-0.1, -0.05) is 32.8 Å². The van der Waals surface area contributed by atoms with Gasteiger partial charge in [-0.05, 0) is 49.3 Å². The molecule has 0 aromatic heterocycles. The van der Waals surface area contributed by atoms with Gasteiger partial charge in [-0.3, -0.25) is 4.79 Å². The standard InChI is InChI=1S/C18H26N2O/c1-12-5-3-8-17(13(12)2)19-16-7-4-6-14(11-16)18(21)20-15-9-10-15/h4,6-7,11-13,15,17,19H,3,5,8-10H2,1-2H3,(H,20,21). The van der Waals surface area contributed by atoms with E-state index in [0.29, 0.717) is 18.0 Å². The molecular weight excluding hydrogens is 260 g/mol. The molecule has 3 unspecified atom stereocenters. The normalized spacial score (nSPS) is 29.0. The van der Waals surface area contributed by atoms with Crippen LogP contribution in [0.1, 0.15) is 56.3 Å². The molecule has 114 valence electrons. The molecule has 0 saturated heterocycles. The highest BCUT2D eigenvalue weighted by atomic mass is 16.1. The monoisotopic (exact) mass is 286 g/mol. The Morgan fingerprint density at radius 2 is 1.95 bits per heavy atom. The van der Waals surface area contributed by atoms with Crippen molar-refractivity contribution in [3.63, 3.8) is 0 Å². The summed E-state index contributed by atoms with van der Waals surface area (Å²) in [5, 5.41) is 6.70. The molecule has 3 atom stereocenters. The predicted octanol–water partition coefficient (Wildman–Crippen LogP) is 3.82. The third-order valence-corrected chi connectivity index (χ3v) is 5.10. The average Bonchev–Trinajstić information content (AvgIpc) is 3.28. The zero-order valence-electron chi connectivity index (χ0n) is 13.1. The van der Waals surface area contributed by atoms with E-state index in [0.717, 1.165) is 30.0 Å². The van der Waals surface area contributed by atoms with Gasteiger partial charge in [0.15, 0.2) is 0 Å². The minimum atomic E-state index is 0.0613. The molecule has 1 aromatic carbocycles. The van der Waals surface area contributed by atoms with Gasteiger partial charge in [0.25, 0.3) is 5.91 Å². The first-order valence-corrected chi connectivity index (χ1v) is 8.31. The number of hydrogen-bond acceptors (Lipinski definition) is 2.